The third-order valence-electron chi connectivity index (χ3n) is 3.62. The van der Waals surface area contributed by atoms with Gasteiger partial charge in [0.1, 0.15) is 11.3 Å². The van der Waals surface area contributed by atoms with Gasteiger partial charge in [-0.25, -0.2) is 19.2 Å². The van der Waals surface area contributed by atoms with E-state index in [-0.39, 0.29) is 24.5 Å². The quantitative estimate of drug-likeness (QED) is 0.177. The van der Waals surface area contributed by atoms with Gasteiger partial charge in [0, 0.05) is 0 Å². The molecule has 0 fully saturated rings. The highest BCUT2D eigenvalue weighted by Gasteiger charge is 2.21. The zero-order chi connectivity index (χ0) is 21.2. The van der Waals surface area contributed by atoms with Crippen molar-refractivity contribution >= 4 is 29.7 Å². The van der Waals surface area contributed by atoms with Gasteiger partial charge < -0.3 is 14.2 Å². The van der Waals surface area contributed by atoms with Crippen molar-refractivity contribution in [1.82, 2.24) is 0 Å². The highest BCUT2D eigenvalue weighted by atomic mass is 16.6. The first-order valence-corrected chi connectivity index (χ1v) is 8.84. The number of carbonyl (C=O) groups is 3. The van der Waals surface area contributed by atoms with Crippen LogP contribution in [0.1, 0.15) is 29.8 Å². The minimum atomic E-state index is -0.774. The van der Waals surface area contributed by atoms with Crippen molar-refractivity contribution < 1.29 is 28.6 Å². The van der Waals surface area contributed by atoms with Crippen LogP contribution in [-0.2, 0) is 19.1 Å². The molecule has 2 aromatic carbocycles. The number of esters is 3. The first kappa shape index (κ1) is 21.4. The van der Waals surface area contributed by atoms with Gasteiger partial charge in [-0.05, 0) is 37.6 Å². The zero-order valence-corrected chi connectivity index (χ0v) is 16.0. The number of nitrogens with zero attached hydrogens (tertiary/aromatic N) is 1. The lowest BCUT2D eigenvalue weighted by molar-refractivity contribution is -0.146. The van der Waals surface area contributed by atoms with E-state index in [1.165, 1.54) is 42.5 Å². The summed E-state index contributed by atoms with van der Waals surface area (Å²) < 4.78 is 15.1. The summed E-state index contributed by atoms with van der Waals surface area (Å²) in [6, 6.07) is 12.3. The maximum absolute atomic E-state index is 12.2. The normalized spacial score (nSPS) is 9.69. The standard InChI is InChI=1S/C22H19NO6/c1-4-27-21(25)19(22(26)28-5-2)14-15-6-12-18(13-7-15)29-20(24)16-8-10-17(23-3)11-9-16/h6-14H,4-5H2,1-2H3. The maximum Gasteiger partial charge on any atom is 0.345 e. The molecular weight excluding hydrogens is 374 g/mol. The van der Waals surface area contributed by atoms with E-state index in [1.807, 2.05) is 0 Å². The van der Waals surface area contributed by atoms with Crippen LogP contribution in [0.15, 0.2) is 54.1 Å². The summed E-state index contributed by atoms with van der Waals surface area (Å²) >= 11 is 0. The SMILES string of the molecule is [C-]#[N+]c1ccc(C(=O)Oc2ccc(C=C(C(=O)OCC)C(=O)OCC)cc2)cc1. The number of hydrogen-bond acceptors (Lipinski definition) is 6. The van der Waals surface area contributed by atoms with E-state index in [2.05, 4.69) is 4.85 Å². The molecule has 0 aliphatic carbocycles. The summed E-state index contributed by atoms with van der Waals surface area (Å²) in [6.07, 6.45) is 1.35. The second-order valence-corrected chi connectivity index (χ2v) is 5.62. The molecule has 0 aromatic heterocycles. The van der Waals surface area contributed by atoms with Crippen LogP contribution in [0.5, 0.6) is 5.75 Å². The Morgan fingerprint density at radius 2 is 1.45 bits per heavy atom. The Kier molecular flexibility index (Phi) is 7.68. The van der Waals surface area contributed by atoms with E-state index in [4.69, 9.17) is 20.8 Å². The van der Waals surface area contributed by atoms with Gasteiger partial charge in [-0.2, -0.15) is 0 Å². The van der Waals surface area contributed by atoms with Crippen LogP contribution in [-0.4, -0.2) is 31.1 Å². The molecule has 0 aliphatic heterocycles. The predicted molar refractivity (Wildman–Crippen MR) is 105 cm³/mol. The van der Waals surface area contributed by atoms with Crippen molar-refractivity contribution in [3.05, 3.63) is 76.6 Å². The largest absolute Gasteiger partial charge is 0.462 e. The second-order valence-electron chi connectivity index (χ2n) is 5.62. The van der Waals surface area contributed by atoms with Gasteiger partial charge >= 0.3 is 17.9 Å². The smallest absolute Gasteiger partial charge is 0.345 e. The molecule has 7 heteroatoms. The Morgan fingerprint density at radius 3 is 1.93 bits per heavy atom. The molecule has 0 bridgehead atoms. The van der Waals surface area contributed by atoms with Gasteiger partial charge in [-0.3, -0.25) is 0 Å². The zero-order valence-electron chi connectivity index (χ0n) is 16.0. The lowest BCUT2D eigenvalue weighted by Gasteiger charge is -2.07. The molecule has 29 heavy (non-hydrogen) atoms. The van der Waals surface area contributed by atoms with Crippen LogP contribution in [0.3, 0.4) is 0 Å². The van der Waals surface area contributed by atoms with Gasteiger partial charge in [0.2, 0.25) is 0 Å². The minimum absolute atomic E-state index is 0.126. The summed E-state index contributed by atoms with van der Waals surface area (Å²) in [5.74, 6) is -1.83. The molecule has 0 aliphatic rings. The van der Waals surface area contributed by atoms with E-state index < -0.39 is 17.9 Å². The maximum atomic E-state index is 12.2. The summed E-state index contributed by atoms with van der Waals surface area (Å²) in [4.78, 5) is 39.4. The number of benzene rings is 2. The van der Waals surface area contributed by atoms with E-state index >= 15 is 0 Å². The van der Waals surface area contributed by atoms with Gasteiger partial charge in [0.15, 0.2) is 5.69 Å². The van der Waals surface area contributed by atoms with E-state index in [9.17, 15) is 14.4 Å². The highest BCUT2D eigenvalue weighted by Crippen LogP contribution is 2.18. The van der Waals surface area contributed by atoms with Crippen molar-refractivity contribution in [1.29, 1.82) is 0 Å². The van der Waals surface area contributed by atoms with Crippen molar-refractivity contribution in [2.75, 3.05) is 13.2 Å². The van der Waals surface area contributed by atoms with Crippen LogP contribution in [0.4, 0.5) is 5.69 Å². The molecule has 0 unspecified atom stereocenters. The highest BCUT2D eigenvalue weighted by molar-refractivity contribution is 6.17. The van der Waals surface area contributed by atoms with Crippen LogP contribution in [0.25, 0.3) is 10.9 Å². The summed E-state index contributed by atoms with van der Waals surface area (Å²) in [5, 5.41) is 0. The Bertz CT molecular complexity index is 932. The molecule has 0 amide bonds. The summed E-state index contributed by atoms with van der Waals surface area (Å²) in [5.41, 5.74) is 1.05. The number of ether oxygens (including phenoxy) is 3. The van der Waals surface area contributed by atoms with Crippen LogP contribution in [0, 0.1) is 6.57 Å². The Balaban J connectivity index is 2.15. The summed E-state index contributed by atoms with van der Waals surface area (Å²) in [7, 11) is 0. The Morgan fingerprint density at radius 1 is 0.897 bits per heavy atom. The monoisotopic (exact) mass is 393 g/mol. The molecule has 0 radical (unpaired) electrons. The molecule has 0 spiro atoms. The average molecular weight is 393 g/mol. The molecule has 0 heterocycles. The first-order chi connectivity index (χ1) is 14.0. The van der Waals surface area contributed by atoms with Gasteiger partial charge in [-0.1, -0.05) is 36.4 Å². The molecule has 0 saturated heterocycles. The first-order valence-electron chi connectivity index (χ1n) is 8.84. The number of carbonyl (C=O) groups excluding carboxylic acids is 3. The predicted octanol–water partition coefficient (Wildman–Crippen LogP) is 3.97. The second kappa shape index (κ2) is 10.4. The third kappa shape index (κ3) is 6.04. The van der Waals surface area contributed by atoms with Gasteiger partial charge in [0.25, 0.3) is 0 Å². The minimum Gasteiger partial charge on any atom is -0.462 e. The van der Waals surface area contributed by atoms with E-state index in [0.717, 1.165) is 0 Å². The molecule has 2 aromatic rings. The molecule has 148 valence electrons. The molecule has 0 saturated carbocycles. The van der Waals surface area contributed by atoms with Crippen molar-refractivity contribution in [2.24, 2.45) is 0 Å². The number of hydrogen-bond donors (Lipinski definition) is 0. The summed E-state index contributed by atoms with van der Waals surface area (Å²) in [6.45, 7) is 10.4. The van der Waals surface area contributed by atoms with Crippen LogP contribution < -0.4 is 4.74 Å². The average Bonchev–Trinajstić information content (AvgIpc) is 2.73. The Hall–Kier alpha value is -3.92. The fourth-order valence-electron chi connectivity index (χ4n) is 2.26. The number of rotatable bonds is 7. The van der Waals surface area contributed by atoms with Gasteiger partial charge in [-0.15, -0.1) is 0 Å². The third-order valence-corrected chi connectivity index (χ3v) is 3.62. The van der Waals surface area contributed by atoms with Crippen molar-refractivity contribution in [3.63, 3.8) is 0 Å². The lowest BCUT2D eigenvalue weighted by Crippen LogP contribution is -2.18. The van der Waals surface area contributed by atoms with E-state index in [0.29, 0.717) is 16.8 Å². The van der Waals surface area contributed by atoms with Crippen molar-refractivity contribution in [2.45, 2.75) is 13.8 Å². The lowest BCUT2D eigenvalue weighted by atomic mass is 10.1. The van der Waals surface area contributed by atoms with Crippen molar-refractivity contribution in [3.8, 4) is 5.75 Å². The molecule has 7 nitrogen and oxygen atoms in total. The topological polar surface area (TPSA) is 83.3 Å². The Labute approximate surface area is 168 Å². The molecule has 0 atom stereocenters. The van der Waals surface area contributed by atoms with Crippen LogP contribution in [0.2, 0.25) is 0 Å². The fourth-order valence-corrected chi connectivity index (χ4v) is 2.26. The van der Waals surface area contributed by atoms with Gasteiger partial charge in [0.05, 0.1) is 25.3 Å². The molecule has 0 N–H and O–H groups in total. The van der Waals surface area contributed by atoms with Crippen LogP contribution >= 0.6 is 0 Å². The fraction of sp³-hybridized carbons (Fsp3) is 0.182. The van der Waals surface area contributed by atoms with E-state index in [1.54, 1.807) is 26.0 Å². The molecular formula is C22H19NO6. The molecule has 2 rings (SSSR count).